The van der Waals surface area contributed by atoms with E-state index in [9.17, 15) is 0 Å². The highest BCUT2D eigenvalue weighted by atomic mass is 32.2. The van der Waals surface area contributed by atoms with Crippen LogP contribution in [0.25, 0.3) is 0 Å². The molecule has 1 saturated heterocycles. The predicted molar refractivity (Wildman–Crippen MR) is 113 cm³/mol. The van der Waals surface area contributed by atoms with Gasteiger partial charge in [0, 0.05) is 54.8 Å². The average molecular weight is 389 g/mol. The van der Waals surface area contributed by atoms with Crippen LogP contribution in [0.2, 0.25) is 0 Å². The number of aliphatic imine (C=N–C) groups is 1. The minimum atomic E-state index is 0.727. The van der Waals surface area contributed by atoms with Crippen molar-refractivity contribution in [2.45, 2.75) is 31.1 Å². The molecule has 3 rings (SSSR count). The molecule has 1 aliphatic heterocycles. The van der Waals surface area contributed by atoms with Gasteiger partial charge in [-0.1, -0.05) is 25.1 Å². The lowest BCUT2D eigenvalue weighted by Crippen LogP contribution is -2.41. The quantitative estimate of drug-likeness (QED) is 0.443. The fourth-order valence-electron chi connectivity index (χ4n) is 3.13. The summed E-state index contributed by atoms with van der Waals surface area (Å²) in [6.45, 7) is 5.26. The third kappa shape index (κ3) is 5.48. The van der Waals surface area contributed by atoms with E-state index in [-0.39, 0.29) is 0 Å². The largest absolute Gasteiger partial charge is 0.356 e. The first kappa shape index (κ1) is 19.2. The van der Waals surface area contributed by atoms with Crippen LogP contribution in [0.3, 0.4) is 0 Å². The molecule has 1 unspecified atom stereocenters. The van der Waals surface area contributed by atoms with Gasteiger partial charge >= 0.3 is 0 Å². The van der Waals surface area contributed by atoms with Gasteiger partial charge in [-0.05, 0) is 30.9 Å². The molecule has 0 radical (unpaired) electrons. The van der Waals surface area contributed by atoms with Gasteiger partial charge in [0.05, 0.1) is 5.01 Å². The van der Waals surface area contributed by atoms with Crippen molar-refractivity contribution in [1.29, 1.82) is 0 Å². The topological polar surface area (TPSA) is 40.5 Å². The number of thioether (sulfide) groups is 1. The van der Waals surface area contributed by atoms with Crippen LogP contribution in [0.5, 0.6) is 0 Å². The van der Waals surface area contributed by atoms with Gasteiger partial charge in [-0.25, -0.2) is 4.98 Å². The highest BCUT2D eigenvalue weighted by Crippen LogP contribution is 2.25. The second-order valence-corrected chi connectivity index (χ2v) is 8.82. The molecule has 1 N–H and O–H groups in total. The third-order valence-corrected chi connectivity index (χ3v) is 7.04. The van der Waals surface area contributed by atoms with Crippen molar-refractivity contribution in [2.75, 3.05) is 32.4 Å². The zero-order valence-electron chi connectivity index (χ0n) is 15.6. The van der Waals surface area contributed by atoms with Crippen LogP contribution < -0.4 is 5.32 Å². The van der Waals surface area contributed by atoms with E-state index in [0.29, 0.717) is 0 Å². The molecule has 1 fully saturated rings. The second kappa shape index (κ2) is 9.97. The van der Waals surface area contributed by atoms with Gasteiger partial charge in [0.1, 0.15) is 0 Å². The summed E-state index contributed by atoms with van der Waals surface area (Å²) in [7, 11) is 1.88. The lowest BCUT2D eigenvalue weighted by molar-refractivity contribution is 0.475. The first-order valence-electron chi connectivity index (χ1n) is 9.35. The Morgan fingerprint density at radius 2 is 2.23 bits per heavy atom. The summed E-state index contributed by atoms with van der Waals surface area (Å²) in [5, 5.41) is 4.73. The Labute approximate surface area is 165 Å². The van der Waals surface area contributed by atoms with Crippen LogP contribution in [0.15, 0.2) is 46.4 Å². The fourth-order valence-corrected chi connectivity index (χ4v) is 5.04. The summed E-state index contributed by atoms with van der Waals surface area (Å²) in [4.78, 5) is 14.1. The number of guanidine groups is 1. The van der Waals surface area contributed by atoms with Crippen molar-refractivity contribution in [3.63, 3.8) is 0 Å². The van der Waals surface area contributed by atoms with Gasteiger partial charge in [0.15, 0.2) is 5.96 Å². The van der Waals surface area contributed by atoms with Gasteiger partial charge < -0.3 is 10.2 Å². The second-order valence-electron chi connectivity index (χ2n) is 6.52. The number of benzene rings is 1. The van der Waals surface area contributed by atoms with Crippen molar-refractivity contribution in [1.82, 2.24) is 15.2 Å². The van der Waals surface area contributed by atoms with Crippen molar-refractivity contribution >= 4 is 29.1 Å². The number of nitrogens with one attached hydrogen (secondary N) is 1. The number of aromatic nitrogens is 1. The summed E-state index contributed by atoms with van der Waals surface area (Å²) < 4.78 is 0. The highest BCUT2D eigenvalue weighted by molar-refractivity contribution is 7.99. The maximum atomic E-state index is 4.49. The molecule has 0 amide bonds. The minimum absolute atomic E-state index is 0.727. The van der Waals surface area contributed by atoms with Gasteiger partial charge in [0.2, 0.25) is 0 Å². The molecule has 0 aliphatic carbocycles. The maximum Gasteiger partial charge on any atom is 0.193 e. The Balaban J connectivity index is 1.41. The molecule has 1 aromatic heterocycles. The fraction of sp³-hybridized carbons (Fsp3) is 0.500. The molecule has 1 aromatic carbocycles. The van der Waals surface area contributed by atoms with Crippen molar-refractivity contribution in [3.8, 4) is 0 Å². The SMILES string of the molecule is CCc1cnc(CCNC(=NC)N2CCC(CSc3ccccc3)C2)s1. The molecule has 140 valence electrons. The van der Waals surface area contributed by atoms with E-state index in [4.69, 9.17) is 0 Å². The van der Waals surface area contributed by atoms with Crippen LogP contribution in [-0.2, 0) is 12.8 Å². The van der Waals surface area contributed by atoms with Crippen molar-refractivity contribution in [2.24, 2.45) is 10.9 Å². The van der Waals surface area contributed by atoms with E-state index in [1.54, 1.807) is 0 Å². The molecule has 26 heavy (non-hydrogen) atoms. The summed E-state index contributed by atoms with van der Waals surface area (Å²) in [6.07, 6.45) is 5.28. The van der Waals surface area contributed by atoms with E-state index >= 15 is 0 Å². The third-order valence-electron chi connectivity index (χ3n) is 4.60. The molecule has 2 heterocycles. The van der Waals surface area contributed by atoms with E-state index in [1.165, 1.54) is 27.0 Å². The summed E-state index contributed by atoms with van der Waals surface area (Å²) >= 11 is 3.79. The van der Waals surface area contributed by atoms with Crippen molar-refractivity contribution in [3.05, 3.63) is 46.4 Å². The average Bonchev–Trinajstić information content (AvgIpc) is 3.34. The number of nitrogens with zero attached hydrogens (tertiary/aromatic N) is 3. The number of likely N-dealkylation sites (tertiary alicyclic amines) is 1. The first-order chi connectivity index (χ1) is 12.8. The van der Waals surface area contributed by atoms with E-state index < -0.39 is 0 Å². The molecule has 1 atom stereocenters. The zero-order valence-corrected chi connectivity index (χ0v) is 17.3. The molecule has 4 nitrogen and oxygen atoms in total. The number of hydrogen-bond acceptors (Lipinski definition) is 4. The number of rotatable bonds is 7. The molecule has 0 saturated carbocycles. The van der Waals surface area contributed by atoms with Crippen LogP contribution in [0, 0.1) is 5.92 Å². The van der Waals surface area contributed by atoms with E-state index in [1.807, 2.05) is 36.3 Å². The molecule has 1 aliphatic rings. The Morgan fingerprint density at radius 1 is 1.38 bits per heavy atom. The molecular weight excluding hydrogens is 360 g/mol. The predicted octanol–water partition coefficient (Wildman–Crippen LogP) is 3.94. The van der Waals surface area contributed by atoms with Crippen molar-refractivity contribution < 1.29 is 0 Å². The monoisotopic (exact) mass is 388 g/mol. The van der Waals surface area contributed by atoms with E-state index in [0.717, 1.165) is 44.4 Å². The van der Waals surface area contributed by atoms with E-state index in [2.05, 4.69) is 57.4 Å². The molecule has 2 aromatic rings. The standard InChI is InChI=1S/C20H28N4S2/c1-3-17-13-23-19(26-17)9-11-22-20(21-2)24-12-10-16(14-24)15-25-18-7-5-4-6-8-18/h4-8,13,16H,3,9-12,14-15H2,1-2H3,(H,21,22). The lowest BCUT2D eigenvalue weighted by atomic mass is 10.2. The molecule has 0 bridgehead atoms. The Kier molecular flexibility index (Phi) is 7.38. The van der Waals surface area contributed by atoms with Gasteiger partial charge in [0.25, 0.3) is 0 Å². The summed E-state index contributed by atoms with van der Waals surface area (Å²) in [5.41, 5.74) is 0. The minimum Gasteiger partial charge on any atom is -0.356 e. The number of thiazole rings is 1. The smallest absolute Gasteiger partial charge is 0.193 e. The Morgan fingerprint density at radius 3 is 2.96 bits per heavy atom. The summed E-state index contributed by atoms with van der Waals surface area (Å²) in [5.74, 6) is 2.94. The van der Waals surface area contributed by atoms with Crippen LogP contribution in [-0.4, -0.2) is 48.3 Å². The highest BCUT2D eigenvalue weighted by Gasteiger charge is 2.24. The van der Waals surface area contributed by atoms with Gasteiger partial charge in [-0.15, -0.1) is 23.1 Å². The zero-order chi connectivity index (χ0) is 18.2. The number of aryl methyl sites for hydroxylation is 1. The summed E-state index contributed by atoms with van der Waals surface area (Å²) in [6, 6.07) is 10.7. The normalized spacial score (nSPS) is 17.7. The lowest BCUT2D eigenvalue weighted by Gasteiger charge is -2.21. The Hall–Kier alpha value is -1.53. The Bertz CT molecular complexity index is 699. The molecule has 0 spiro atoms. The van der Waals surface area contributed by atoms with Gasteiger partial charge in [-0.2, -0.15) is 0 Å². The van der Waals surface area contributed by atoms with Crippen LogP contribution in [0.1, 0.15) is 23.2 Å². The van der Waals surface area contributed by atoms with Crippen LogP contribution >= 0.6 is 23.1 Å². The molecule has 6 heteroatoms. The number of hydrogen-bond donors (Lipinski definition) is 1. The van der Waals surface area contributed by atoms with Gasteiger partial charge in [-0.3, -0.25) is 4.99 Å². The van der Waals surface area contributed by atoms with Crippen LogP contribution in [0.4, 0.5) is 0 Å². The maximum absolute atomic E-state index is 4.49. The first-order valence-corrected chi connectivity index (χ1v) is 11.2. The molecular formula is C20H28N4S2.